The fourth-order valence-corrected chi connectivity index (χ4v) is 11.2. The van der Waals surface area contributed by atoms with Crippen LogP contribution in [0.25, 0.3) is 44.5 Å². The molecule has 4 N–H and O–H groups in total. The summed E-state index contributed by atoms with van der Waals surface area (Å²) >= 11 is 0. The lowest BCUT2D eigenvalue weighted by atomic mass is 9.95. The summed E-state index contributed by atoms with van der Waals surface area (Å²) in [6.45, 7) is 8.16. The molecule has 13 nitrogen and oxygen atoms in total. The summed E-state index contributed by atoms with van der Waals surface area (Å²) in [6.07, 6.45) is 4.26. The van der Waals surface area contributed by atoms with E-state index in [4.69, 9.17) is 14.5 Å². The molecule has 2 aliphatic heterocycles. The number of likely N-dealkylation sites (tertiary alicyclic amines) is 2. The average molecular weight is 888 g/mol. The number of imidazole rings is 1. The monoisotopic (exact) mass is 887 g/mol. The molecule has 0 unspecified atom stereocenters. The highest BCUT2D eigenvalue weighted by atomic mass is 19.3. The molecule has 2 saturated heterocycles. The van der Waals surface area contributed by atoms with Gasteiger partial charge in [0.2, 0.25) is 11.8 Å². The number of H-pyrrole nitrogens is 2. The zero-order valence-electron chi connectivity index (χ0n) is 37.5. The second kappa shape index (κ2) is 15.7. The number of nitrogens with one attached hydrogen (secondary N) is 4. The van der Waals surface area contributed by atoms with E-state index in [-0.39, 0.29) is 64.2 Å². The number of fused-ring (bicyclic) bond motifs is 6. The van der Waals surface area contributed by atoms with Gasteiger partial charge >= 0.3 is 12.2 Å². The Balaban J connectivity index is 0.896. The van der Waals surface area contributed by atoms with Gasteiger partial charge < -0.3 is 39.9 Å². The van der Waals surface area contributed by atoms with Crippen LogP contribution in [-0.2, 0) is 25.0 Å². The van der Waals surface area contributed by atoms with Crippen LogP contribution in [0.1, 0.15) is 101 Å². The number of carbonyl (C=O) groups excluding carboxylic acids is 4. The number of alkyl halides is 2. The Morgan fingerprint density at radius 1 is 0.769 bits per heavy atom. The Labute approximate surface area is 376 Å². The van der Waals surface area contributed by atoms with Crippen molar-refractivity contribution in [2.75, 3.05) is 20.8 Å². The number of methoxy groups -OCH3 is 2. The van der Waals surface area contributed by atoms with Crippen molar-refractivity contribution in [3.63, 3.8) is 0 Å². The number of piperidine rings is 1. The Kier molecular flexibility index (Phi) is 10.3. The Bertz CT molecular complexity index is 2740. The van der Waals surface area contributed by atoms with Crippen LogP contribution in [0.15, 0.2) is 66.7 Å². The number of nitrogens with zero attached hydrogens (tertiary/aromatic N) is 3. The number of carbonyl (C=O) groups is 4. The molecule has 4 fully saturated rings. The molecule has 340 valence electrons. The summed E-state index contributed by atoms with van der Waals surface area (Å²) in [7, 11) is 2.55. The molecule has 2 bridgehead atoms. The molecule has 4 heterocycles. The Morgan fingerprint density at radius 3 is 2.03 bits per heavy atom. The number of aromatic amines is 2. The van der Waals surface area contributed by atoms with E-state index in [1.54, 1.807) is 24.3 Å². The van der Waals surface area contributed by atoms with E-state index < -0.39 is 30.2 Å². The van der Waals surface area contributed by atoms with Crippen LogP contribution in [-0.4, -0.2) is 87.6 Å². The topological polar surface area (TPSA) is 162 Å². The fraction of sp³-hybridized carbons (Fsp3) is 0.460. The molecular weight excluding hydrogens is 833 g/mol. The van der Waals surface area contributed by atoms with Crippen molar-refractivity contribution >= 4 is 35.0 Å². The molecule has 4 amide bonds. The summed E-state index contributed by atoms with van der Waals surface area (Å²) in [5.74, 6) is -3.01. The normalized spacial score (nSPS) is 22.9. The summed E-state index contributed by atoms with van der Waals surface area (Å²) in [5, 5.41) is 5.46. The standard InChI is InChI=1S/C50H55F2N7O6/c1-25(2)41(56-47(62)64-5)45(60)58-24-49(17-18-49)23-40(58)38-16-15-36(53-38)29-9-13-33-32-12-8-27(20-34(32)50(51,52)35(33)21-29)28-10-14-37-39(22-28)55-44(54-37)43-30-7-11-31(19-30)59(43)46(61)42(26(3)4)57-48(63)65-6/h8-10,12-16,20-22,25-26,30-31,40-43,53H,7,11,17-19,23-24H2,1-6H3,(H,54,55)(H,56,62)(H,57,63)/t30-,31+,40-,41-,42+,43-/m0/s1. The first-order valence-corrected chi connectivity index (χ1v) is 22.8. The van der Waals surface area contributed by atoms with Gasteiger partial charge in [0, 0.05) is 35.1 Å². The minimum atomic E-state index is -3.27. The maximum Gasteiger partial charge on any atom is 0.407 e. The van der Waals surface area contributed by atoms with Gasteiger partial charge in [-0.05, 0) is 126 Å². The third-order valence-corrected chi connectivity index (χ3v) is 14.9. The second-order valence-corrected chi connectivity index (χ2v) is 19.6. The maximum atomic E-state index is 16.7. The SMILES string of the molecule is COC(=O)N[C@H](C(=O)N1CC2(CC2)C[C@H]1c1ccc(-c2ccc3c(c2)C(F)(F)c2cc(-c4ccc5nc([C@@H]6[C@H]7CC[C@H](C7)N6C(=O)[C@H](NC(=O)OC)C(C)C)[nH]c5c4)ccc2-3)[nH]1)C(C)C. The van der Waals surface area contributed by atoms with E-state index in [2.05, 4.69) is 20.6 Å². The number of rotatable bonds is 10. The van der Waals surface area contributed by atoms with Crippen LogP contribution >= 0.6 is 0 Å². The summed E-state index contributed by atoms with van der Waals surface area (Å²) in [5.41, 5.74) is 5.83. The van der Waals surface area contributed by atoms with Crippen molar-refractivity contribution in [1.82, 2.24) is 35.4 Å². The number of hydrogen-bond acceptors (Lipinski definition) is 7. The number of amides is 4. The van der Waals surface area contributed by atoms with E-state index >= 15 is 8.78 Å². The second-order valence-electron chi connectivity index (χ2n) is 19.6. The van der Waals surface area contributed by atoms with Crippen LogP contribution in [0.4, 0.5) is 18.4 Å². The van der Waals surface area contributed by atoms with Gasteiger partial charge in [0.15, 0.2) is 0 Å². The van der Waals surface area contributed by atoms with Crippen LogP contribution < -0.4 is 10.6 Å². The first-order valence-electron chi connectivity index (χ1n) is 22.8. The van der Waals surface area contributed by atoms with Crippen LogP contribution in [0.3, 0.4) is 0 Å². The van der Waals surface area contributed by atoms with Crippen molar-refractivity contribution in [3.05, 3.63) is 89.4 Å². The molecule has 0 radical (unpaired) electrons. The fourth-order valence-electron chi connectivity index (χ4n) is 11.2. The molecule has 2 aromatic heterocycles. The van der Waals surface area contributed by atoms with Crippen molar-refractivity contribution in [1.29, 1.82) is 0 Å². The summed E-state index contributed by atoms with van der Waals surface area (Å²) < 4.78 is 43.0. The Hall–Kier alpha value is -6.25. The molecule has 3 aromatic carbocycles. The van der Waals surface area contributed by atoms with Crippen LogP contribution in [0.5, 0.6) is 0 Å². The third kappa shape index (κ3) is 7.21. The van der Waals surface area contributed by atoms with Crippen molar-refractivity contribution in [2.24, 2.45) is 23.2 Å². The van der Waals surface area contributed by atoms with E-state index in [0.29, 0.717) is 45.8 Å². The largest absolute Gasteiger partial charge is 0.453 e. The minimum Gasteiger partial charge on any atom is -0.453 e. The number of halogens is 2. The number of aromatic nitrogens is 3. The molecule has 5 aliphatic rings. The van der Waals surface area contributed by atoms with Crippen molar-refractivity contribution in [3.8, 4) is 33.5 Å². The first-order chi connectivity index (χ1) is 31.1. The van der Waals surface area contributed by atoms with Gasteiger partial charge in [-0.25, -0.2) is 14.6 Å². The van der Waals surface area contributed by atoms with Gasteiger partial charge in [-0.3, -0.25) is 9.59 Å². The van der Waals surface area contributed by atoms with E-state index in [9.17, 15) is 19.2 Å². The molecule has 10 rings (SSSR count). The van der Waals surface area contributed by atoms with Gasteiger partial charge in [-0.15, -0.1) is 0 Å². The van der Waals surface area contributed by atoms with Gasteiger partial charge in [-0.1, -0.05) is 58.0 Å². The lowest BCUT2D eigenvalue weighted by molar-refractivity contribution is -0.139. The lowest BCUT2D eigenvalue weighted by Crippen LogP contribution is -2.54. The summed E-state index contributed by atoms with van der Waals surface area (Å²) in [6, 6.07) is 17.9. The first kappa shape index (κ1) is 42.7. The highest BCUT2D eigenvalue weighted by Gasteiger charge is 2.55. The molecule has 3 aliphatic carbocycles. The Morgan fingerprint density at radius 2 is 1.38 bits per heavy atom. The number of alkyl carbamates (subject to hydrolysis) is 2. The quantitative estimate of drug-likeness (QED) is 0.109. The number of ether oxygens (including phenoxy) is 2. The lowest BCUT2D eigenvalue weighted by Gasteiger charge is -2.37. The van der Waals surface area contributed by atoms with Crippen LogP contribution in [0.2, 0.25) is 0 Å². The molecule has 2 saturated carbocycles. The van der Waals surface area contributed by atoms with Gasteiger partial charge in [0.25, 0.3) is 5.92 Å². The van der Waals surface area contributed by atoms with E-state index in [1.165, 1.54) is 14.2 Å². The molecule has 1 spiro atoms. The van der Waals surface area contributed by atoms with Gasteiger partial charge in [0.05, 0.1) is 37.3 Å². The zero-order valence-corrected chi connectivity index (χ0v) is 37.5. The van der Waals surface area contributed by atoms with Crippen LogP contribution in [0, 0.1) is 23.2 Å². The number of benzene rings is 3. The van der Waals surface area contributed by atoms with Crippen molar-refractivity contribution < 1.29 is 37.4 Å². The smallest absolute Gasteiger partial charge is 0.407 e. The zero-order chi connectivity index (χ0) is 45.7. The maximum absolute atomic E-state index is 16.7. The third-order valence-electron chi connectivity index (χ3n) is 14.9. The predicted octanol–water partition coefficient (Wildman–Crippen LogP) is 9.21. The average Bonchev–Trinajstić information content (AvgIpc) is 3.95. The molecule has 6 atom stereocenters. The van der Waals surface area contributed by atoms with Crippen molar-refractivity contribution in [2.45, 2.75) is 102 Å². The van der Waals surface area contributed by atoms with E-state index in [1.807, 2.05) is 80.0 Å². The highest BCUT2D eigenvalue weighted by molar-refractivity contribution is 5.89. The number of hydrogen-bond donors (Lipinski definition) is 4. The molecule has 65 heavy (non-hydrogen) atoms. The van der Waals surface area contributed by atoms with Gasteiger partial charge in [-0.2, -0.15) is 8.78 Å². The molecular formula is C50H55F2N7O6. The van der Waals surface area contributed by atoms with E-state index in [0.717, 1.165) is 55.3 Å². The highest BCUT2D eigenvalue weighted by Crippen LogP contribution is 2.59. The molecule has 5 aromatic rings. The van der Waals surface area contributed by atoms with Gasteiger partial charge in [0.1, 0.15) is 17.9 Å². The summed E-state index contributed by atoms with van der Waals surface area (Å²) in [4.78, 5) is 68.1. The molecule has 15 heteroatoms. The predicted molar refractivity (Wildman–Crippen MR) is 240 cm³/mol. The minimum absolute atomic E-state index is 0.0485.